The van der Waals surface area contributed by atoms with Gasteiger partial charge in [0, 0.05) is 12.1 Å². The molecule has 2 aromatic rings. The Labute approximate surface area is 128 Å². The molecule has 1 aliphatic rings. The molecule has 1 atom stereocenters. The van der Waals surface area contributed by atoms with E-state index in [1.54, 1.807) is 12.1 Å². The summed E-state index contributed by atoms with van der Waals surface area (Å²) in [4.78, 5) is 11.6. The number of fused-ring (bicyclic) bond motifs is 1. The number of aliphatic hydroxyl groups excluding tert-OH is 1. The van der Waals surface area contributed by atoms with Crippen LogP contribution in [-0.2, 0) is 11.2 Å². The predicted molar refractivity (Wildman–Crippen MR) is 83.3 cm³/mol. The van der Waals surface area contributed by atoms with Gasteiger partial charge in [0.05, 0.1) is 0 Å². The van der Waals surface area contributed by atoms with Gasteiger partial charge in [-0.15, -0.1) is 0 Å². The number of halogens is 1. The van der Waals surface area contributed by atoms with E-state index in [9.17, 15) is 14.3 Å². The van der Waals surface area contributed by atoms with Crippen molar-refractivity contribution in [2.75, 3.05) is 5.32 Å². The van der Waals surface area contributed by atoms with Crippen molar-refractivity contribution >= 4 is 11.6 Å². The van der Waals surface area contributed by atoms with Gasteiger partial charge in [-0.05, 0) is 60.2 Å². The largest absolute Gasteiger partial charge is 0.384 e. The molecule has 0 saturated carbocycles. The van der Waals surface area contributed by atoms with Gasteiger partial charge in [-0.3, -0.25) is 4.79 Å². The zero-order chi connectivity index (χ0) is 15.9. The Kier molecular flexibility index (Phi) is 3.71. The third-order valence-electron chi connectivity index (χ3n) is 4.39. The highest BCUT2D eigenvalue weighted by atomic mass is 19.1. The lowest BCUT2D eigenvalue weighted by Crippen LogP contribution is -2.21. The van der Waals surface area contributed by atoms with Crippen LogP contribution in [0.5, 0.6) is 0 Å². The third kappa shape index (κ3) is 2.50. The zero-order valence-corrected chi connectivity index (χ0v) is 12.6. The van der Waals surface area contributed by atoms with Crippen LogP contribution in [0.2, 0.25) is 0 Å². The van der Waals surface area contributed by atoms with Crippen molar-refractivity contribution in [1.29, 1.82) is 0 Å². The number of nitrogens with one attached hydrogen (secondary N) is 1. The molecule has 2 N–H and O–H groups in total. The molecule has 0 spiro atoms. The van der Waals surface area contributed by atoms with E-state index in [1.807, 2.05) is 19.9 Å². The number of amides is 1. The molecule has 1 aliphatic heterocycles. The van der Waals surface area contributed by atoms with Crippen LogP contribution >= 0.6 is 0 Å². The van der Waals surface area contributed by atoms with Gasteiger partial charge < -0.3 is 10.4 Å². The van der Waals surface area contributed by atoms with Gasteiger partial charge in [-0.1, -0.05) is 18.2 Å². The van der Waals surface area contributed by atoms with Gasteiger partial charge in [0.1, 0.15) is 11.9 Å². The summed E-state index contributed by atoms with van der Waals surface area (Å²) in [6.45, 7) is 3.87. The fourth-order valence-electron chi connectivity index (χ4n) is 2.94. The van der Waals surface area contributed by atoms with Crippen molar-refractivity contribution in [2.45, 2.75) is 32.8 Å². The molecule has 114 valence electrons. The molecule has 3 rings (SSSR count). The maximum absolute atomic E-state index is 13.0. The van der Waals surface area contributed by atoms with Crippen LogP contribution in [0.15, 0.2) is 30.3 Å². The minimum Gasteiger partial charge on any atom is -0.384 e. The summed E-state index contributed by atoms with van der Waals surface area (Å²) in [5, 5.41) is 13.5. The molecule has 3 nitrogen and oxygen atoms in total. The number of rotatable bonds is 2. The second-order valence-corrected chi connectivity index (χ2v) is 5.75. The minimum absolute atomic E-state index is 0.0295. The number of aryl methyl sites for hydroxylation is 1. The molecule has 0 aliphatic carbocycles. The lowest BCUT2D eigenvalue weighted by Gasteiger charge is -2.24. The summed E-state index contributed by atoms with van der Waals surface area (Å²) in [6, 6.07) is 7.83. The Morgan fingerprint density at radius 2 is 1.82 bits per heavy atom. The Hall–Kier alpha value is -2.20. The summed E-state index contributed by atoms with van der Waals surface area (Å²) >= 11 is 0. The monoisotopic (exact) mass is 299 g/mol. The van der Waals surface area contributed by atoms with E-state index in [-0.39, 0.29) is 11.7 Å². The third-order valence-corrected chi connectivity index (χ3v) is 4.39. The number of anilines is 1. The van der Waals surface area contributed by atoms with E-state index in [0.29, 0.717) is 18.4 Å². The molecule has 0 fully saturated rings. The standard InChI is InChI=1S/C18H18FNO2/c1-10-11(2)17-13(5-8-16(21)20-17)9-15(10)18(22)12-3-6-14(19)7-4-12/h3-4,6-7,9,18,22H,5,8H2,1-2H3,(H,20,21). The molecule has 1 heterocycles. The number of benzene rings is 2. The predicted octanol–water partition coefficient (Wildman–Crippen LogP) is 3.41. The van der Waals surface area contributed by atoms with Gasteiger partial charge in [-0.25, -0.2) is 4.39 Å². The van der Waals surface area contributed by atoms with Crippen molar-refractivity contribution in [3.05, 3.63) is 64.0 Å². The van der Waals surface area contributed by atoms with Gasteiger partial charge in [0.15, 0.2) is 0 Å². The Morgan fingerprint density at radius 1 is 1.14 bits per heavy atom. The van der Waals surface area contributed by atoms with E-state index in [2.05, 4.69) is 5.32 Å². The van der Waals surface area contributed by atoms with Crippen molar-refractivity contribution in [3.63, 3.8) is 0 Å². The van der Waals surface area contributed by atoms with Crippen molar-refractivity contribution in [2.24, 2.45) is 0 Å². The van der Waals surface area contributed by atoms with Crippen LogP contribution < -0.4 is 5.32 Å². The molecule has 22 heavy (non-hydrogen) atoms. The van der Waals surface area contributed by atoms with Crippen LogP contribution in [0.3, 0.4) is 0 Å². The van der Waals surface area contributed by atoms with Crippen LogP contribution in [0, 0.1) is 19.7 Å². The van der Waals surface area contributed by atoms with Gasteiger partial charge in [0.2, 0.25) is 5.91 Å². The second-order valence-electron chi connectivity index (χ2n) is 5.75. The maximum atomic E-state index is 13.0. The highest BCUT2D eigenvalue weighted by Gasteiger charge is 2.22. The van der Waals surface area contributed by atoms with E-state index in [1.165, 1.54) is 12.1 Å². The SMILES string of the molecule is Cc1c(C(O)c2ccc(F)cc2)cc2c(c1C)NC(=O)CC2. The Balaban J connectivity index is 2.06. The first kappa shape index (κ1) is 14.7. The number of hydrogen-bond acceptors (Lipinski definition) is 2. The molecule has 4 heteroatoms. The highest BCUT2D eigenvalue weighted by molar-refractivity contribution is 5.95. The normalized spacial score (nSPS) is 15.2. The molecule has 0 radical (unpaired) electrons. The fourth-order valence-corrected chi connectivity index (χ4v) is 2.94. The van der Waals surface area contributed by atoms with Gasteiger partial charge in [0.25, 0.3) is 0 Å². The zero-order valence-electron chi connectivity index (χ0n) is 12.6. The van der Waals surface area contributed by atoms with Gasteiger partial charge >= 0.3 is 0 Å². The van der Waals surface area contributed by atoms with E-state index in [4.69, 9.17) is 0 Å². The highest BCUT2D eigenvalue weighted by Crippen LogP contribution is 2.35. The molecular weight excluding hydrogens is 281 g/mol. The summed E-state index contributed by atoms with van der Waals surface area (Å²) < 4.78 is 13.0. The summed E-state index contributed by atoms with van der Waals surface area (Å²) in [7, 11) is 0. The molecule has 0 bridgehead atoms. The second kappa shape index (κ2) is 5.54. The number of hydrogen-bond donors (Lipinski definition) is 2. The number of carbonyl (C=O) groups excluding carboxylic acids is 1. The fraction of sp³-hybridized carbons (Fsp3) is 0.278. The van der Waals surface area contributed by atoms with Crippen molar-refractivity contribution in [3.8, 4) is 0 Å². The first-order valence-corrected chi connectivity index (χ1v) is 7.33. The molecule has 0 aromatic heterocycles. The van der Waals surface area contributed by atoms with Crippen LogP contribution in [0.4, 0.5) is 10.1 Å². The van der Waals surface area contributed by atoms with Crippen LogP contribution in [0.25, 0.3) is 0 Å². The van der Waals surface area contributed by atoms with Gasteiger partial charge in [-0.2, -0.15) is 0 Å². The summed E-state index contributed by atoms with van der Waals surface area (Å²) in [5.74, 6) is -0.293. The minimum atomic E-state index is -0.803. The number of carbonyl (C=O) groups is 1. The van der Waals surface area contributed by atoms with Crippen molar-refractivity contribution < 1.29 is 14.3 Å². The van der Waals surface area contributed by atoms with E-state index in [0.717, 1.165) is 27.9 Å². The average Bonchev–Trinajstić information content (AvgIpc) is 2.51. The smallest absolute Gasteiger partial charge is 0.224 e. The maximum Gasteiger partial charge on any atom is 0.224 e. The van der Waals surface area contributed by atoms with Crippen LogP contribution in [-0.4, -0.2) is 11.0 Å². The molecule has 1 unspecified atom stereocenters. The number of aliphatic hydroxyl groups is 1. The molecule has 0 saturated heterocycles. The van der Waals surface area contributed by atoms with Crippen LogP contribution in [0.1, 0.15) is 40.3 Å². The lowest BCUT2D eigenvalue weighted by molar-refractivity contribution is -0.116. The molecular formula is C18H18FNO2. The van der Waals surface area contributed by atoms with Crippen molar-refractivity contribution in [1.82, 2.24) is 0 Å². The first-order valence-electron chi connectivity index (χ1n) is 7.33. The average molecular weight is 299 g/mol. The Bertz CT molecular complexity index is 738. The quantitative estimate of drug-likeness (QED) is 0.893. The lowest BCUT2D eigenvalue weighted by atomic mass is 9.88. The first-order chi connectivity index (χ1) is 10.5. The molecule has 1 amide bonds. The summed E-state index contributed by atoms with van der Waals surface area (Å²) in [5.41, 5.74) is 5.28. The molecule has 2 aromatic carbocycles. The van der Waals surface area contributed by atoms with E-state index >= 15 is 0 Å². The Morgan fingerprint density at radius 3 is 2.50 bits per heavy atom. The van der Waals surface area contributed by atoms with E-state index < -0.39 is 6.10 Å². The summed E-state index contributed by atoms with van der Waals surface area (Å²) in [6.07, 6.45) is 0.328. The topological polar surface area (TPSA) is 49.3 Å².